The molecule has 2 rings (SSSR count). The van der Waals surface area contributed by atoms with E-state index in [1.54, 1.807) is 6.07 Å². The number of nitrogen functional groups attached to an aromatic ring is 1. The molecule has 18 heavy (non-hydrogen) atoms. The van der Waals surface area contributed by atoms with Crippen LogP contribution in [0.5, 0.6) is 0 Å². The summed E-state index contributed by atoms with van der Waals surface area (Å²) in [6.07, 6.45) is 3.53. The smallest absolute Gasteiger partial charge is 0.253 e. The molecule has 0 aromatic heterocycles. The molecule has 2 N–H and O–H groups in total. The normalized spacial score (nSPS) is 14.6. The third-order valence-corrected chi connectivity index (χ3v) is 3.48. The average molecular weight is 246 g/mol. The quantitative estimate of drug-likeness (QED) is 0.812. The van der Waals surface area contributed by atoms with Gasteiger partial charge in [-0.2, -0.15) is 0 Å². The van der Waals surface area contributed by atoms with E-state index in [-0.39, 0.29) is 5.91 Å². The van der Waals surface area contributed by atoms with Crippen molar-refractivity contribution >= 4 is 11.6 Å². The zero-order valence-corrected chi connectivity index (χ0v) is 11.3. The largest absolute Gasteiger partial charge is 0.398 e. The minimum atomic E-state index is 0.121. The van der Waals surface area contributed by atoms with Crippen LogP contribution in [0.15, 0.2) is 18.2 Å². The lowest BCUT2D eigenvalue weighted by Crippen LogP contribution is -2.33. The molecular formula is C15H22N2O. The third kappa shape index (κ3) is 3.03. The fraction of sp³-hybridized carbons (Fsp3) is 0.533. The van der Waals surface area contributed by atoms with Gasteiger partial charge in [0.2, 0.25) is 0 Å². The number of aryl methyl sites for hydroxylation is 1. The number of benzene rings is 1. The molecule has 0 radical (unpaired) electrons. The highest BCUT2D eigenvalue weighted by Crippen LogP contribution is 2.30. The predicted octanol–water partition coefficient (Wildman–Crippen LogP) is 2.84. The molecular weight excluding hydrogens is 224 g/mol. The highest BCUT2D eigenvalue weighted by molar-refractivity contribution is 5.95. The molecule has 1 aromatic carbocycles. The van der Waals surface area contributed by atoms with Gasteiger partial charge in [0.15, 0.2) is 0 Å². The zero-order chi connectivity index (χ0) is 13.1. The molecule has 1 aliphatic rings. The number of carbonyl (C=O) groups excluding carboxylic acids is 1. The lowest BCUT2D eigenvalue weighted by molar-refractivity contribution is 0.0748. The van der Waals surface area contributed by atoms with Gasteiger partial charge in [-0.25, -0.2) is 0 Å². The van der Waals surface area contributed by atoms with Crippen molar-refractivity contribution in [3.63, 3.8) is 0 Å². The van der Waals surface area contributed by atoms with Gasteiger partial charge in [-0.1, -0.05) is 13.0 Å². The van der Waals surface area contributed by atoms with Crippen LogP contribution in [0.3, 0.4) is 0 Å². The van der Waals surface area contributed by atoms with E-state index in [0.717, 1.165) is 31.0 Å². The van der Waals surface area contributed by atoms with E-state index in [4.69, 9.17) is 5.73 Å². The summed E-state index contributed by atoms with van der Waals surface area (Å²) < 4.78 is 0. The monoisotopic (exact) mass is 246 g/mol. The van der Waals surface area contributed by atoms with Crippen LogP contribution in [0.1, 0.15) is 42.1 Å². The molecule has 3 heteroatoms. The van der Waals surface area contributed by atoms with E-state index < -0.39 is 0 Å². The topological polar surface area (TPSA) is 46.3 Å². The Bertz CT molecular complexity index is 438. The first-order valence-electron chi connectivity index (χ1n) is 6.77. The Morgan fingerprint density at radius 2 is 2.17 bits per heavy atom. The molecule has 1 saturated carbocycles. The summed E-state index contributed by atoms with van der Waals surface area (Å²) in [5.41, 5.74) is 8.31. The summed E-state index contributed by atoms with van der Waals surface area (Å²) in [6.45, 7) is 5.80. The maximum atomic E-state index is 12.4. The summed E-state index contributed by atoms with van der Waals surface area (Å²) >= 11 is 0. The van der Waals surface area contributed by atoms with Crippen LogP contribution in [-0.2, 0) is 0 Å². The first-order valence-corrected chi connectivity index (χ1v) is 6.77. The van der Waals surface area contributed by atoms with E-state index in [1.807, 2.05) is 24.0 Å². The molecule has 1 aromatic rings. The average Bonchev–Trinajstić information content (AvgIpc) is 3.15. The molecule has 1 aliphatic carbocycles. The Morgan fingerprint density at radius 1 is 1.44 bits per heavy atom. The van der Waals surface area contributed by atoms with Gasteiger partial charge in [0.1, 0.15) is 0 Å². The molecule has 0 aliphatic heterocycles. The molecule has 0 atom stereocenters. The van der Waals surface area contributed by atoms with Crippen LogP contribution in [0.2, 0.25) is 0 Å². The predicted molar refractivity (Wildman–Crippen MR) is 74.5 cm³/mol. The van der Waals surface area contributed by atoms with Crippen LogP contribution in [0.25, 0.3) is 0 Å². The third-order valence-electron chi connectivity index (χ3n) is 3.48. The van der Waals surface area contributed by atoms with Crippen molar-refractivity contribution in [2.75, 3.05) is 18.8 Å². The van der Waals surface area contributed by atoms with Crippen molar-refractivity contribution in [1.29, 1.82) is 0 Å². The summed E-state index contributed by atoms with van der Waals surface area (Å²) in [5, 5.41) is 0. The highest BCUT2D eigenvalue weighted by atomic mass is 16.2. The van der Waals surface area contributed by atoms with Crippen LogP contribution in [0.4, 0.5) is 5.69 Å². The second kappa shape index (κ2) is 5.42. The van der Waals surface area contributed by atoms with Gasteiger partial charge in [0.05, 0.1) is 0 Å². The number of rotatable bonds is 5. The number of nitrogens with two attached hydrogens (primary N) is 1. The van der Waals surface area contributed by atoms with Crippen LogP contribution >= 0.6 is 0 Å². The molecule has 0 saturated heterocycles. The number of hydrogen-bond acceptors (Lipinski definition) is 2. The van der Waals surface area contributed by atoms with Gasteiger partial charge >= 0.3 is 0 Å². The Balaban J connectivity index is 2.12. The molecule has 0 bridgehead atoms. The first-order chi connectivity index (χ1) is 8.61. The number of anilines is 1. The summed E-state index contributed by atoms with van der Waals surface area (Å²) in [6, 6.07) is 5.60. The molecule has 0 unspecified atom stereocenters. The lowest BCUT2D eigenvalue weighted by atomic mass is 10.1. The van der Waals surface area contributed by atoms with Crippen molar-refractivity contribution in [3.05, 3.63) is 29.3 Å². The number of nitrogens with zero attached hydrogens (tertiary/aromatic N) is 1. The molecule has 0 heterocycles. The molecule has 0 spiro atoms. The summed E-state index contributed by atoms with van der Waals surface area (Å²) in [7, 11) is 0. The van der Waals surface area contributed by atoms with Gasteiger partial charge in [0, 0.05) is 24.3 Å². The standard InChI is InChI=1S/C15H22N2O/c1-3-8-17(10-12-5-6-12)15(18)13-7-4-11(2)14(16)9-13/h4,7,9,12H,3,5-6,8,10,16H2,1-2H3. The summed E-state index contributed by atoms with van der Waals surface area (Å²) in [5.74, 6) is 0.846. The van der Waals surface area contributed by atoms with E-state index in [0.29, 0.717) is 11.3 Å². The molecule has 3 nitrogen and oxygen atoms in total. The van der Waals surface area contributed by atoms with Crippen molar-refractivity contribution in [3.8, 4) is 0 Å². The van der Waals surface area contributed by atoms with Gasteiger partial charge in [-0.3, -0.25) is 4.79 Å². The first kappa shape index (κ1) is 12.9. The van der Waals surface area contributed by atoms with Crippen LogP contribution < -0.4 is 5.73 Å². The number of amides is 1. The number of carbonyl (C=O) groups is 1. The van der Waals surface area contributed by atoms with Gasteiger partial charge in [0.25, 0.3) is 5.91 Å². The maximum absolute atomic E-state index is 12.4. The Kier molecular flexibility index (Phi) is 3.90. The lowest BCUT2D eigenvalue weighted by Gasteiger charge is -2.22. The van der Waals surface area contributed by atoms with E-state index in [2.05, 4.69) is 6.92 Å². The summed E-state index contributed by atoms with van der Waals surface area (Å²) in [4.78, 5) is 14.4. The molecule has 1 fully saturated rings. The minimum Gasteiger partial charge on any atom is -0.398 e. The van der Waals surface area contributed by atoms with E-state index >= 15 is 0 Å². The second-order valence-electron chi connectivity index (χ2n) is 5.27. The van der Waals surface area contributed by atoms with Crippen molar-refractivity contribution in [2.45, 2.75) is 33.1 Å². The van der Waals surface area contributed by atoms with Crippen LogP contribution in [-0.4, -0.2) is 23.9 Å². The molecule has 98 valence electrons. The SMILES string of the molecule is CCCN(CC1CC1)C(=O)c1ccc(C)c(N)c1. The van der Waals surface area contributed by atoms with E-state index in [9.17, 15) is 4.79 Å². The molecule has 1 amide bonds. The van der Waals surface area contributed by atoms with Crippen molar-refractivity contribution in [2.24, 2.45) is 5.92 Å². The van der Waals surface area contributed by atoms with Crippen molar-refractivity contribution in [1.82, 2.24) is 4.90 Å². The fourth-order valence-electron chi connectivity index (χ4n) is 2.11. The second-order valence-corrected chi connectivity index (χ2v) is 5.27. The van der Waals surface area contributed by atoms with Crippen molar-refractivity contribution < 1.29 is 4.79 Å². The van der Waals surface area contributed by atoms with Gasteiger partial charge < -0.3 is 10.6 Å². The van der Waals surface area contributed by atoms with Crippen LogP contribution in [0, 0.1) is 12.8 Å². The minimum absolute atomic E-state index is 0.121. The highest BCUT2D eigenvalue weighted by Gasteiger charge is 2.26. The Morgan fingerprint density at radius 3 is 2.72 bits per heavy atom. The number of hydrogen-bond donors (Lipinski definition) is 1. The zero-order valence-electron chi connectivity index (χ0n) is 11.3. The Labute approximate surface area is 109 Å². The maximum Gasteiger partial charge on any atom is 0.253 e. The fourth-order valence-corrected chi connectivity index (χ4v) is 2.11. The Hall–Kier alpha value is -1.51. The van der Waals surface area contributed by atoms with Gasteiger partial charge in [-0.05, 0) is 49.8 Å². The van der Waals surface area contributed by atoms with E-state index in [1.165, 1.54) is 12.8 Å². The van der Waals surface area contributed by atoms with Gasteiger partial charge in [-0.15, -0.1) is 0 Å².